The average molecular weight is 287 g/mol. The Morgan fingerprint density at radius 2 is 1.90 bits per heavy atom. The molecule has 2 aromatic rings. The van der Waals surface area contributed by atoms with Gasteiger partial charge in [0.05, 0.1) is 12.5 Å². The van der Waals surface area contributed by atoms with Gasteiger partial charge in [0.25, 0.3) is 0 Å². The van der Waals surface area contributed by atoms with Crippen LogP contribution in [0.25, 0.3) is 0 Å². The first-order chi connectivity index (χ1) is 9.70. The van der Waals surface area contributed by atoms with Crippen molar-refractivity contribution in [3.05, 3.63) is 65.2 Å². The van der Waals surface area contributed by atoms with Crippen LogP contribution in [0.3, 0.4) is 0 Å². The monoisotopic (exact) mass is 286 g/mol. The van der Waals surface area contributed by atoms with Gasteiger partial charge < -0.3 is 4.74 Å². The van der Waals surface area contributed by atoms with Gasteiger partial charge in [0.1, 0.15) is 5.75 Å². The average Bonchev–Trinajstić information content (AvgIpc) is 3.28. The maximum Gasteiger partial charge on any atom is 0.123 e. The lowest BCUT2D eigenvalue weighted by molar-refractivity contribution is 0.407. The second-order valence-corrected chi connectivity index (χ2v) is 6.03. The Morgan fingerprint density at radius 3 is 2.60 bits per heavy atom. The summed E-state index contributed by atoms with van der Waals surface area (Å²) >= 11 is 6.72. The molecule has 1 nitrogen and oxygen atoms in total. The lowest BCUT2D eigenvalue weighted by Gasteiger charge is -2.15. The minimum absolute atomic E-state index is 0.0232. The van der Waals surface area contributed by atoms with Crippen molar-refractivity contribution in [2.75, 3.05) is 7.11 Å². The summed E-state index contributed by atoms with van der Waals surface area (Å²) in [5.41, 5.74) is 3.75. The molecule has 3 rings (SSSR count). The van der Waals surface area contributed by atoms with Crippen molar-refractivity contribution in [1.82, 2.24) is 0 Å². The zero-order chi connectivity index (χ0) is 14.1. The van der Waals surface area contributed by atoms with E-state index in [1.54, 1.807) is 7.11 Å². The predicted molar refractivity (Wildman–Crippen MR) is 83.6 cm³/mol. The molecule has 1 aliphatic carbocycles. The quantitative estimate of drug-likeness (QED) is 0.712. The second kappa shape index (κ2) is 5.49. The predicted octanol–water partition coefficient (Wildman–Crippen LogP) is 5.09. The van der Waals surface area contributed by atoms with Crippen molar-refractivity contribution in [2.45, 2.75) is 24.6 Å². The van der Waals surface area contributed by atoms with E-state index in [0.29, 0.717) is 11.8 Å². The van der Waals surface area contributed by atoms with Gasteiger partial charge in [-0.25, -0.2) is 0 Å². The summed E-state index contributed by atoms with van der Waals surface area (Å²) in [5, 5.41) is 0.0232. The third-order valence-corrected chi connectivity index (χ3v) is 4.68. The van der Waals surface area contributed by atoms with Crippen LogP contribution in [0.5, 0.6) is 5.75 Å². The number of aryl methyl sites for hydroxylation is 1. The van der Waals surface area contributed by atoms with E-state index >= 15 is 0 Å². The van der Waals surface area contributed by atoms with Crippen LogP contribution in [0.15, 0.2) is 48.5 Å². The molecule has 2 aromatic carbocycles. The number of hydrogen-bond donors (Lipinski definition) is 0. The zero-order valence-electron chi connectivity index (χ0n) is 11.8. The summed E-state index contributed by atoms with van der Waals surface area (Å²) in [6.07, 6.45) is 1.16. The molecule has 0 aliphatic heterocycles. The van der Waals surface area contributed by atoms with Gasteiger partial charge in [-0.3, -0.25) is 0 Å². The number of benzene rings is 2. The molecule has 2 heteroatoms. The second-order valence-electron chi connectivity index (χ2n) is 5.56. The van der Waals surface area contributed by atoms with Gasteiger partial charge >= 0.3 is 0 Å². The summed E-state index contributed by atoms with van der Waals surface area (Å²) < 4.78 is 5.46. The molecule has 0 aromatic heterocycles. The highest BCUT2D eigenvalue weighted by molar-refractivity contribution is 6.21. The van der Waals surface area contributed by atoms with Gasteiger partial charge in [0.15, 0.2) is 0 Å². The molecular weight excluding hydrogens is 268 g/mol. The van der Waals surface area contributed by atoms with Crippen LogP contribution in [-0.2, 0) is 0 Å². The normalized spacial score (nSPS) is 22.4. The van der Waals surface area contributed by atoms with E-state index in [-0.39, 0.29) is 5.38 Å². The molecule has 0 radical (unpaired) electrons. The van der Waals surface area contributed by atoms with Crippen molar-refractivity contribution in [2.24, 2.45) is 5.92 Å². The third-order valence-electron chi connectivity index (χ3n) is 4.13. The van der Waals surface area contributed by atoms with Crippen LogP contribution >= 0.6 is 11.6 Å². The maximum absolute atomic E-state index is 6.72. The molecule has 104 valence electrons. The number of halogens is 1. The highest BCUT2D eigenvalue weighted by Crippen LogP contribution is 2.57. The van der Waals surface area contributed by atoms with Crippen LogP contribution in [-0.4, -0.2) is 7.11 Å². The third kappa shape index (κ3) is 2.55. The van der Waals surface area contributed by atoms with Crippen molar-refractivity contribution >= 4 is 11.6 Å². The number of hydrogen-bond acceptors (Lipinski definition) is 1. The minimum atomic E-state index is 0.0232. The topological polar surface area (TPSA) is 9.23 Å². The van der Waals surface area contributed by atoms with E-state index in [9.17, 15) is 0 Å². The van der Waals surface area contributed by atoms with E-state index < -0.39 is 0 Å². The van der Waals surface area contributed by atoms with Gasteiger partial charge in [-0.1, -0.05) is 48.0 Å². The highest BCUT2D eigenvalue weighted by atomic mass is 35.5. The SMILES string of the molecule is COc1ccc(C)cc1C(Cl)C1CC1c1ccccc1. The van der Waals surface area contributed by atoms with Crippen molar-refractivity contribution in [1.29, 1.82) is 0 Å². The number of ether oxygens (including phenoxy) is 1. The van der Waals surface area contributed by atoms with Crippen molar-refractivity contribution in [3.63, 3.8) is 0 Å². The molecule has 1 saturated carbocycles. The molecular formula is C18H19ClO. The molecule has 3 unspecified atom stereocenters. The fourth-order valence-electron chi connectivity index (χ4n) is 2.92. The molecule has 20 heavy (non-hydrogen) atoms. The molecule has 0 bridgehead atoms. The Bertz CT molecular complexity index is 594. The smallest absolute Gasteiger partial charge is 0.123 e. The zero-order valence-corrected chi connectivity index (χ0v) is 12.6. The van der Waals surface area contributed by atoms with E-state index in [1.807, 2.05) is 6.07 Å². The van der Waals surface area contributed by atoms with Crippen LogP contribution in [0, 0.1) is 12.8 Å². The fourth-order valence-corrected chi connectivity index (χ4v) is 3.37. The number of rotatable bonds is 4. The summed E-state index contributed by atoms with van der Waals surface area (Å²) in [4.78, 5) is 0. The molecule has 0 saturated heterocycles. The first kappa shape index (κ1) is 13.5. The maximum atomic E-state index is 6.72. The summed E-state index contributed by atoms with van der Waals surface area (Å²) in [7, 11) is 1.71. The first-order valence-corrected chi connectivity index (χ1v) is 7.48. The van der Waals surface area contributed by atoms with Crippen molar-refractivity contribution in [3.8, 4) is 5.75 Å². The molecule has 0 spiro atoms. The molecule has 0 N–H and O–H groups in total. The van der Waals surface area contributed by atoms with E-state index in [0.717, 1.165) is 17.7 Å². The first-order valence-electron chi connectivity index (χ1n) is 7.04. The molecule has 0 heterocycles. The van der Waals surface area contributed by atoms with Crippen LogP contribution in [0.4, 0.5) is 0 Å². The summed E-state index contributed by atoms with van der Waals surface area (Å²) in [6, 6.07) is 16.9. The lowest BCUT2D eigenvalue weighted by atomic mass is 10.0. The minimum Gasteiger partial charge on any atom is -0.496 e. The van der Waals surface area contributed by atoms with E-state index in [2.05, 4.69) is 49.4 Å². The van der Waals surface area contributed by atoms with E-state index in [1.165, 1.54) is 11.1 Å². The van der Waals surface area contributed by atoms with Gasteiger partial charge in [0.2, 0.25) is 0 Å². The Morgan fingerprint density at radius 1 is 1.15 bits per heavy atom. The van der Waals surface area contributed by atoms with Gasteiger partial charge in [0, 0.05) is 5.56 Å². The van der Waals surface area contributed by atoms with Crippen LogP contribution in [0.1, 0.15) is 34.4 Å². The summed E-state index contributed by atoms with van der Waals surface area (Å²) in [6.45, 7) is 2.09. The molecule has 3 atom stereocenters. The Labute approximate surface area is 125 Å². The molecule has 1 fully saturated rings. The summed E-state index contributed by atoms with van der Waals surface area (Å²) in [5.74, 6) is 1.99. The van der Waals surface area contributed by atoms with Gasteiger partial charge in [-0.15, -0.1) is 11.6 Å². The Kier molecular flexibility index (Phi) is 3.71. The van der Waals surface area contributed by atoms with E-state index in [4.69, 9.17) is 16.3 Å². The van der Waals surface area contributed by atoms with Crippen LogP contribution in [0.2, 0.25) is 0 Å². The standard InChI is InChI=1S/C18H19ClO/c1-12-8-9-17(20-2)16(10-12)18(19)15-11-14(15)13-6-4-3-5-7-13/h3-10,14-15,18H,11H2,1-2H3. The highest BCUT2D eigenvalue weighted by Gasteiger charge is 2.44. The van der Waals surface area contributed by atoms with Gasteiger partial charge in [-0.05, 0) is 36.8 Å². The number of methoxy groups -OCH3 is 1. The fraction of sp³-hybridized carbons (Fsp3) is 0.333. The Balaban J connectivity index is 1.81. The number of alkyl halides is 1. The lowest BCUT2D eigenvalue weighted by Crippen LogP contribution is -1.99. The Hall–Kier alpha value is -1.47. The molecule has 1 aliphatic rings. The largest absolute Gasteiger partial charge is 0.496 e. The van der Waals surface area contributed by atoms with Crippen LogP contribution < -0.4 is 4.74 Å². The van der Waals surface area contributed by atoms with Crippen molar-refractivity contribution < 1.29 is 4.74 Å². The molecule has 0 amide bonds. The van der Waals surface area contributed by atoms with Gasteiger partial charge in [-0.2, -0.15) is 0 Å².